The average Bonchev–Trinajstić information content (AvgIpc) is 3.36. The number of likely N-dealkylation sites (N-methyl/N-ethyl adjacent to an activating group) is 1. The molecule has 2 aliphatic heterocycles. The molecule has 1 aromatic heterocycles. The van der Waals surface area contributed by atoms with Crippen LogP contribution in [0.4, 0.5) is 5.69 Å². The number of anilines is 1. The lowest BCUT2D eigenvalue weighted by Crippen LogP contribution is -2.50. The van der Waals surface area contributed by atoms with Gasteiger partial charge < -0.3 is 24.0 Å². The van der Waals surface area contributed by atoms with Crippen molar-refractivity contribution in [2.24, 2.45) is 0 Å². The van der Waals surface area contributed by atoms with Crippen molar-refractivity contribution < 1.29 is 14.3 Å². The molecule has 1 atom stereocenters. The number of allylic oxidation sites excluding steroid dienone is 2. The number of fused-ring (bicyclic) bond motifs is 2. The first kappa shape index (κ1) is 30.1. The van der Waals surface area contributed by atoms with Crippen LogP contribution in [0.15, 0.2) is 84.5 Å². The van der Waals surface area contributed by atoms with Gasteiger partial charge in [0.1, 0.15) is 5.69 Å². The Bertz CT molecular complexity index is 1580. The topological polar surface area (TPSA) is 61.3 Å². The number of carbonyl (C=O) groups is 2. The van der Waals surface area contributed by atoms with E-state index in [1.54, 1.807) is 7.11 Å². The summed E-state index contributed by atoms with van der Waals surface area (Å²) in [6, 6.07) is 22.2. The first-order valence-corrected chi connectivity index (χ1v) is 15.5. The molecule has 3 aromatic rings. The van der Waals surface area contributed by atoms with E-state index in [0.29, 0.717) is 30.8 Å². The second-order valence-electron chi connectivity index (χ2n) is 12.5. The Balaban J connectivity index is 1.26. The van der Waals surface area contributed by atoms with E-state index in [-0.39, 0.29) is 11.8 Å². The van der Waals surface area contributed by atoms with Crippen LogP contribution in [0.5, 0.6) is 0 Å². The van der Waals surface area contributed by atoms with Gasteiger partial charge in [-0.05, 0) is 55.9 Å². The summed E-state index contributed by atoms with van der Waals surface area (Å²) in [6.45, 7) is 8.21. The van der Waals surface area contributed by atoms with Crippen LogP contribution in [0, 0.1) is 0 Å². The van der Waals surface area contributed by atoms with Gasteiger partial charge in [0.15, 0.2) is 0 Å². The summed E-state index contributed by atoms with van der Waals surface area (Å²) in [4.78, 5) is 36.6. The molecule has 2 aromatic carbocycles. The molecule has 230 valence electrons. The molecule has 8 heteroatoms. The van der Waals surface area contributed by atoms with E-state index in [2.05, 4.69) is 46.7 Å². The highest BCUT2D eigenvalue weighted by molar-refractivity contribution is 6.07. The lowest BCUT2D eigenvalue weighted by molar-refractivity contribution is -0.116. The molecule has 8 nitrogen and oxygen atoms in total. The fourth-order valence-corrected chi connectivity index (χ4v) is 6.61. The van der Waals surface area contributed by atoms with Crippen molar-refractivity contribution in [3.8, 4) is 0 Å². The minimum Gasteiger partial charge on any atom is -0.373 e. The number of ether oxygens (including phenoxy) is 1. The van der Waals surface area contributed by atoms with Gasteiger partial charge in [-0.25, -0.2) is 0 Å². The fraction of sp³-hybridized carbons (Fsp3) is 0.389. The van der Waals surface area contributed by atoms with Crippen molar-refractivity contribution in [3.05, 3.63) is 107 Å². The van der Waals surface area contributed by atoms with Crippen LogP contribution >= 0.6 is 0 Å². The van der Waals surface area contributed by atoms with E-state index in [9.17, 15) is 9.59 Å². The smallest absolute Gasteiger partial charge is 0.270 e. The standard InChI is InChI=1S/C36H43N5O3/c1-36(44-4)24-28(14-16-31(36)27-10-6-5-7-11-27)34(42)41-26-30-15-17-33(40(30)25-29-12-8-9-13-32(29)41)35(43)39-22-20-38(21-23-39)19-18-37(2)3/h5-17H,18-26H2,1-4H3. The zero-order valence-electron chi connectivity index (χ0n) is 26.3. The molecule has 0 saturated carbocycles. The summed E-state index contributed by atoms with van der Waals surface area (Å²) in [6.07, 6.45) is 4.44. The van der Waals surface area contributed by atoms with E-state index >= 15 is 0 Å². The van der Waals surface area contributed by atoms with Gasteiger partial charge in [-0.1, -0.05) is 60.7 Å². The third-order valence-corrected chi connectivity index (χ3v) is 9.35. The van der Waals surface area contributed by atoms with E-state index in [4.69, 9.17) is 4.74 Å². The zero-order valence-corrected chi connectivity index (χ0v) is 26.3. The number of para-hydroxylation sites is 1. The maximum Gasteiger partial charge on any atom is 0.270 e. The number of hydrogen-bond acceptors (Lipinski definition) is 5. The Morgan fingerprint density at radius 3 is 2.32 bits per heavy atom. The summed E-state index contributed by atoms with van der Waals surface area (Å²) in [7, 11) is 5.89. The number of amides is 2. The van der Waals surface area contributed by atoms with Crippen molar-refractivity contribution in [2.75, 3.05) is 65.4 Å². The number of benzene rings is 2. The van der Waals surface area contributed by atoms with Crippen molar-refractivity contribution in [1.29, 1.82) is 0 Å². The Labute approximate surface area is 260 Å². The Morgan fingerprint density at radius 1 is 0.864 bits per heavy atom. The van der Waals surface area contributed by atoms with Crippen LogP contribution < -0.4 is 4.90 Å². The number of nitrogens with zero attached hydrogens (tertiary/aromatic N) is 5. The fourth-order valence-electron chi connectivity index (χ4n) is 6.61. The molecule has 0 radical (unpaired) electrons. The van der Waals surface area contributed by atoms with Crippen molar-refractivity contribution in [3.63, 3.8) is 0 Å². The monoisotopic (exact) mass is 593 g/mol. The Morgan fingerprint density at radius 2 is 1.59 bits per heavy atom. The van der Waals surface area contributed by atoms with Gasteiger partial charge in [0, 0.05) is 69.8 Å². The van der Waals surface area contributed by atoms with Gasteiger partial charge in [0.25, 0.3) is 11.8 Å². The lowest BCUT2D eigenvalue weighted by atomic mass is 9.80. The summed E-state index contributed by atoms with van der Waals surface area (Å²) in [5.74, 6) is 0.0191. The van der Waals surface area contributed by atoms with Crippen LogP contribution in [0.3, 0.4) is 0 Å². The number of methoxy groups -OCH3 is 1. The number of piperazine rings is 1. The highest BCUT2D eigenvalue weighted by Crippen LogP contribution is 2.40. The molecular weight excluding hydrogens is 550 g/mol. The van der Waals surface area contributed by atoms with Crippen LogP contribution in [-0.2, 0) is 22.6 Å². The van der Waals surface area contributed by atoms with Gasteiger partial charge in [-0.15, -0.1) is 0 Å². The largest absolute Gasteiger partial charge is 0.373 e. The Hall–Kier alpha value is -3.98. The molecule has 1 aliphatic carbocycles. The van der Waals surface area contributed by atoms with E-state index in [0.717, 1.165) is 67.3 Å². The first-order valence-electron chi connectivity index (χ1n) is 15.5. The molecule has 44 heavy (non-hydrogen) atoms. The predicted molar refractivity (Wildman–Crippen MR) is 175 cm³/mol. The number of carbonyl (C=O) groups excluding carboxylic acids is 2. The predicted octanol–water partition coefficient (Wildman–Crippen LogP) is 4.52. The summed E-state index contributed by atoms with van der Waals surface area (Å²) in [5, 5.41) is 0. The minimum atomic E-state index is -0.636. The highest BCUT2D eigenvalue weighted by Gasteiger charge is 2.37. The van der Waals surface area contributed by atoms with Crippen molar-refractivity contribution >= 4 is 23.1 Å². The molecular formula is C36H43N5O3. The maximum absolute atomic E-state index is 14.3. The summed E-state index contributed by atoms with van der Waals surface area (Å²) >= 11 is 0. The molecule has 0 N–H and O–H groups in total. The lowest BCUT2D eigenvalue weighted by Gasteiger charge is -2.36. The second-order valence-corrected chi connectivity index (χ2v) is 12.5. The van der Waals surface area contributed by atoms with Gasteiger partial charge in [0.2, 0.25) is 0 Å². The molecule has 3 heterocycles. The van der Waals surface area contributed by atoms with E-state index < -0.39 is 5.60 Å². The zero-order chi connectivity index (χ0) is 30.8. The molecule has 6 rings (SSSR count). The molecule has 0 bridgehead atoms. The van der Waals surface area contributed by atoms with Crippen LogP contribution in [0.1, 0.15) is 40.7 Å². The second kappa shape index (κ2) is 12.6. The summed E-state index contributed by atoms with van der Waals surface area (Å²) in [5.41, 5.74) is 5.75. The van der Waals surface area contributed by atoms with E-state index in [1.807, 2.05) is 77.4 Å². The molecule has 2 amide bonds. The molecule has 1 saturated heterocycles. The van der Waals surface area contributed by atoms with Crippen LogP contribution in [0.25, 0.3) is 5.57 Å². The van der Waals surface area contributed by atoms with Crippen molar-refractivity contribution in [2.45, 2.75) is 32.0 Å². The average molecular weight is 594 g/mol. The number of aromatic nitrogens is 1. The maximum atomic E-state index is 14.3. The quantitative estimate of drug-likeness (QED) is 0.403. The van der Waals surface area contributed by atoms with Gasteiger partial charge in [-0.2, -0.15) is 0 Å². The highest BCUT2D eigenvalue weighted by atomic mass is 16.5. The molecule has 0 spiro atoms. The first-order chi connectivity index (χ1) is 21.3. The normalized spacial score (nSPS) is 20.5. The SMILES string of the molecule is COC1(C)CC(C(=O)N2Cc3ccc(C(=O)N4CCN(CCN(C)C)CC4)n3Cc3ccccc32)=CC=C1c1ccccc1. The third-order valence-electron chi connectivity index (χ3n) is 9.35. The van der Waals surface area contributed by atoms with Gasteiger partial charge in [0.05, 0.1) is 18.7 Å². The number of rotatable bonds is 7. The van der Waals surface area contributed by atoms with Crippen LogP contribution in [0.2, 0.25) is 0 Å². The van der Waals surface area contributed by atoms with E-state index in [1.165, 1.54) is 0 Å². The van der Waals surface area contributed by atoms with Crippen LogP contribution in [-0.4, -0.2) is 97.2 Å². The summed E-state index contributed by atoms with van der Waals surface area (Å²) < 4.78 is 8.16. The Kier molecular flexibility index (Phi) is 8.58. The van der Waals surface area contributed by atoms with Gasteiger partial charge >= 0.3 is 0 Å². The number of hydrogen-bond donors (Lipinski definition) is 0. The van der Waals surface area contributed by atoms with Crippen molar-refractivity contribution in [1.82, 2.24) is 19.3 Å². The molecule has 3 aliphatic rings. The minimum absolute atomic E-state index is 0.0412. The molecule has 1 unspecified atom stereocenters. The third kappa shape index (κ3) is 5.89. The van der Waals surface area contributed by atoms with Gasteiger partial charge in [-0.3, -0.25) is 14.5 Å². The molecule has 1 fully saturated rings.